The molecule has 0 aliphatic carbocycles. The largest absolute Gasteiger partial charge is 0.575 e. The third-order valence-electron chi connectivity index (χ3n) is 1.74. The third-order valence-corrected chi connectivity index (χ3v) is 1.95. The van der Waals surface area contributed by atoms with E-state index in [-0.39, 0.29) is 5.56 Å². The number of halogens is 4. The second-order valence-corrected chi connectivity index (χ2v) is 3.40. The summed E-state index contributed by atoms with van der Waals surface area (Å²) in [6, 6.07) is 0.807. The second-order valence-electron chi connectivity index (χ2n) is 3.06. The quantitative estimate of drug-likeness (QED) is 0.484. The van der Waals surface area contributed by atoms with Crippen LogP contribution in [0, 0.1) is 17.0 Å². The maximum Gasteiger partial charge on any atom is 0.575 e. The monoisotopic (exact) mass is 284 g/mol. The predicted octanol–water partition coefficient (Wildman–Crippen LogP) is 2.58. The number of ether oxygens (including phenoxy) is 1. The molecule has 0 atom stereocenters. The van der Waals surface area contributed by atoms with Gasteiger partial charge in [-0.25, -0.2) is 0 Å². The van der Waals surface area contributed by atoms with Gasteiger partial charge in [-0.05, 0) is 29.5 Å². The summed E-state index contributed by atoms with van der Waals surface area (Å²) in [5.74, 6) is -2.10. The van der Waals surface area contributed by atoms with Gasteiger partial charge in [0.05, 0.1) is 0 Å². The summed E-state index contributed by atoms with van der Waals surface area (Å²) in [5.41, 5.74) is -0.810. The molecule has 0 aliphatic heterocycles. The summed E-state index contributed by atoms with van der Waals surface area (Å²) < 4.78 is 39.5. The van der Waals surface area contributed by atoms with Crippen molar-refractivity contribution in [1.29, 1.82) is 0 Å². The molecule has 0 saturated heterocycles. The van der Waals surface area contributed by atoms with Crippen molar-refractivity contribution in [1.82, 2.24) is 4.98 Å². The zero-order valence-electron chi connectivity index (χ0n) is 8.62. The van der Waals surface area contributed by atoms with Gasteiger partial charge in [0.2, 0.25) is 0 Å². The van der Waals surface area contributed by atoms with Crippen molar-refractivity contribution in [3.05, 3.63) is 27.3 Å². The molecule has 0 fully saturated rings. The molecule has 0 saturated carbocycles. The average molecular weight is 285 g/mol. The fourth-order valence-corrected chi connectivity index (χ4v) is 1.22. The van der Waals surface area contributed by atoms with E-state index in [0.29, 0.717) is 0 Å². The Kier molecular flexibility index (Phi) is 3.75. The molecule has 1 heterocycles. The van der Waals surface area contributed by atoms with Crippen LogP contribution in [0.1, 0.15) is 15.9 Å². The normalized spacial score (nSPS) is 11.2. The van der Waals surface area contributed by atoms with Gasteiger partial charge in [0.15, 0.2) is 0 Å². The molecule has 0 unspecified atom stereocenters. The van der Waals surface area contributed by atoms with E-state index in [4.69, 9.17) is 11.6 Å². The van der Waals surface area contributed by atoms with Gasteiger partial charge in [0, 0.05) is 10.5 Å². The van der Waals surface area contributed by atoms with Crippen molar-refractivity contribution in [3.63, 3.8) is 0 Å². The lowest BCUT2D eigenvalue weighted by Crippen LogP contribution is -2.19. The van der Waals surface area contributed by atoms with Gasteiger partial charge in [-0.15, -0.1) is 13.2 Å². The first kappa shape index (κ1) is 14.2. The number of hydrogen-bond donors (Lipinski definition) is 0. The number of nitro groups is 1. The maximum atomic E-state index is 12.0. The number of aromatic nitrogens is 1. The number of aryl methyl sites for hydroxylation is 1. The summed E-state index contributed by atoms with van der Waals surface area (Å²) >= 11 is 5.06. The summed E-state index contributed by atoms with van der Waals surface area (Å²) in [5, 5.41) is 9.35. The number of rotatable bonds is 3. The molecule has 10 heteroatoms. The van der Waals surface area contributed by atoms with E-state index in [1.165, 1.54) is 0 Å². The average Bonchev–Trinajstić information content (AvgIpc) is 2.17. The summed E-state index contributed by atoms with van der Waals surface area (Å²) in [6.45, 7) is 1.14. The van der Waals surface area contributed by atoms with Gasteiger partial charge in [0.25, 0.3) is 5.24 Å². The molecule has 1 rings (SSSR count). The topological polar surface area (TPSA) is 82.3 Å². The Bertz CT molecular complexity index is 518. The first-order chi connectivity index (χ1) is 8.11. The number of alkyl halides is 3. The van der Waals surface area contributed by atoms with Crippen LogP contribution in [0.15, 0.2) is 6.07 Å². The van der Waals surface area contributed by atoms with Crippen LogP contribution in [0.25, 0.3) is 0 Å². The third kappa shape index (κ3) is 3.29. The molecule has 0 amide bonds. The van der Waals surface area contributed by atoms with Crippen LogP contribution < -0.4 is 4.74 Å². The lowest BCUT2D eigenvalue weighted by molar-refractivity contribution is -0.390. The minimum absolute atomic E-state index is 0.207. The molecular formula is C8H4ClF3N2O4. The summed E-state index contributed by atoms with van der Waals surface area (Å²) in [7, 11) is 0. The van der Waals surface area contributed by atoms with Gasteiger partial charge >= 0.3 is 18.1 Å². The molecule has 98 valence electrons. The SMILES string of the molecule is Cc1cc(C(=O)Cl)c([N+](=O)[O-])nc1OC(F)(F)F. The van der Waals surface area contributed by atoms with E-state index in [9.17, 15) is 28.1 Å². The van der Waals surface area contributed by atoms with E-state index in [0.717, 1.165) is 13.0 Å². The van der Waals surface area contributed by atoms with Crippen LogP contribution in [0.5, 0.6) is 5.88 Å². The molecule has 18 heavy (non-hydrogen) atoms. The Morgan fingerprint density at radius 1 is 1.56 bits per heavy atom. The van der Waals surface area contributed by atoms with Gasteiger partial charge in [-0.1, -0.05) is 0 Å². The fraction of sp³-hybridized carbons (Fsp3) is 0.250. The number of pyridine rings is 1. The molecule has 1 aromatic heterocycles. The molecular weight excluding hydrogens is 281 g/mol. The van der Waals surface area contributed by atoms with Gasteiger partial charge in [0.1, 0.15) is 5.56 Å². The van der Waals surface area contributed by atoms with Crippen LogP contribution in [-0.2, 0) is 0 Å². The minimum atomic E-state index is -5.04. The molecule has 0 aliphatic rings. The Balaban J connectivity index is 3.36. The number of nitrogens with zero attached hydrogens (tertiary/aromatic N) is 2. The van der Waals surface area contributed by atoms with E-state index in [1.807, 2.05) is 0 Å². The van der Waals surface area contributed by atoms with Gasteiger partial charge < -0.3 is 14.9 Å². The zero-order chi connectivity index (χ0) is 14.1. The highest BCUT2D eigenvalue weighted by atomic mass is 35.5. The van der Waals surface area contributed by atoms with E-state index >= 15 is 0 Å². The molecule has 0 N–H and O–H groups in total. The van der Waals surface area contributed by atoms with Gasteiger partial charge in [-0.2, -0.15) is 0 Å². The Morgan fingerprint density at radius 3 is 2.50 bits per heavy atom. The minimum Gasteiger partial charge on any atom is -0.366 e. The van der Waals surface area contributed by atoms with Crippen LogP contribution in [-0.4, -0.2) is 21.5 Å². The first-order valence-corrected chi connectivity index (χ1v) is 4.61. The lowest BCUT2D eigenvalue weighted by atomic mass is 10.2. The number of carbonyl (C=O) groups excluding carboxylic acids is 1. The first-order valence-electron chi connectivity index (χ1n) is 4.23. The smallest absolute Gasteiger partial charge is 0.366 e. The molecule has 0 spiro atoms. The van der Waals surface area contributed by atoms with Crippen molar-refractivity contribution in [2.24, 2.45) is 0 Å². The van der Waals surface area contributed by atoms with Crippen LogP contribution in [0.3, 0.4) is 0 Å². The summed E-state index contributed by atoms with van der Waals surface area (Å²) in [6.07, 6.45) is -5.04. The summed E-state index contributed by atoms with van der Waals surface area (Å²) in [4.78, 5) is 23.3. The van der Waals surface area contributed by atoms with Crippen LogP contribution in [0.2, 0.25) is 0 Å². The van der Waals surface area contributed by atoms with E-state index in [2.05, 4.69) is 9.72 Å². The standard InChI is InChI=1S/C8H4ClF3N2O4/c1-3-2-4(5(9)15)6(14(16)17)13-7(3)18-8(10,11)12/h2H,1H3. The van der Waals surface area contributed by atoms with E-state index < -0.39 is 33.8 Å². The predicted molar refractivity (Wildman–Crippen MR) is 52.5 cm³/mol. The number of hydrogen-bond acceptors (Lipinski definition) is 5. The van der Waals surface area contributed by atoms with Crippen molar-refractivity contribution >= 4 is 22.7 Å². The Morgan fingerprint density at radius 2 is 2.11 bits per heavy atom. The fourth-order valence-electron chi connectivity index (χ4n) is 1.08. The van der Waals surface area contributed by atoms with Crippen molar-refractivity contribution in [2.45, 2.75) is 13.3 Å². The van der Waals surface area contributed by atoms with Crippen molar-refractivity contribution in [3.8, 4) is 5.88 Å². The highest BCUT2D eigenvalue weighted by Crippen LogP contribution is 2.29. The molecule has 0 radical (unpaired) electrons. The molecule has 6 nitrogen and oxygen atoms in total. The van der Waals surface area contributed by atoms with Crippen molar-refractivity contribution < 1.29 is 27.6 Å². The second kappa shape index (κ2) is 4.77. The lowest BCUT2D eigenvalue weighted by Gasteiger charge is -2.07. The maximum absolute atomic E-state index is 12.0. The van der Waals surface area contributed by atoms with Crippen LogP contribution >= 0.6 is 11.6 Å². The number of carbonyl (C=O) groups is 1. The Hall–Kier alpha value is -1.90. The highest BCUT2D eigenvalue weighted by molar-refractivity contribution is 6.68. The van der Waals surface area contributed by atoms with E-state index in [1.54, 1.807) is 0 Å². The molecule has 0 bridgehead atoms. The van der Waals surface area contributed by atoms with Gasteiger partial charge in [-0.3, -0.25) is 4.79 Å². The molecule has 1 aromatic rings. The van der Waals surface area contributed by atoms with Crippen molar-refractivity contribution in [2.75, 3.05) is 0 Å². The zero-order valence-corrected chi connectivity index (χ0v) is 9.37. The van der Waals surface area contributed by atoms with Crippen LogP contribution in [0.4, 0.5) is 19.0 Å². The molecule has 0 aromatic carbocycles. The highest BCUT2D eigenvalue weighted by Gasteiger charge is 2.36. The Labute approximate surface area is 102 Å².